The third-order valence-electron chi connectivity index (χ3n) is 3.71. The lowest BCUT2D eigenvalue weighted by Crippen LogP contribution is -2.24. The Bertz CT molecular complexity index is 563. The molecule has 2 N–H and O–H groups in total. The molecule has 1 aromatic carbocycles. The first-order valence-corrected chi connectivity index (χ1v) is 7.04. The maximum Gasteiger partial charge on any atom is 0.123 e. The molecule has 21 heavy (non-hydrogen) atoms. The lowest BCUT2D eigenvalue weighted by atomic mass is 9.80. The van der Waals surface area contributed by atoms with Crippen LogP contribution in [0.2, 0.25) is 0 Å². The molecular formula is C16H22FN3O. The zero-order valence-corrected chi connectivity index (χ0v) is 12.7. The highest BCUT2D eigenvalue weighted by molar-refractivity contribution is 5.37. The second-order valence-corrected chi connectivity index (χ2v) is 5.57. The Balaban J connectivity index is 2.16. The van der Waals surface area contributed by atoms with Crippen LogP contribution in [0.15, 0.2) is 30.5 Å². The molecule has 0 unspecified atom stereocenters. The third-order valence-corrected chi connectivity index (χ3v) is 3.71. The van der Waals surface area contributed by atoms with E-state index in [0.717, 1.165) is 29.9 Å². The summed E-state index contributed by atoms with van der Waals surface area (Å²) in [6, 6.07) is 6.62. The largest absolute Gasteiger partial charge is 0.383 e. The van der Waals surface area contributed by atoms with E-state index >= 15 is 0 Å². The van der Waals surface area contributed by atoms with Gasteiger partial charge in [-0.2, -0.15) is 5.10 Å². The van der Waals surface area contributed by atoms with Crippen LogP contribution in [0.25, 0.3) is 0 Å². The molecule has 0 spiro atoms. The fourth-order valence-corrected chi connectivity index (χ4v) is 2.39. The molecule has 0 aliphatic carbocycles. The van der Waals surface area contributed by atoms with E-state index < -0.39 is 0 Å². The Morgan fingerprint density at radius 3 is 2.67 bits per heavy atom. The molecule has 0 fully saturated rings. The maximum absolute atomic E-state index is 13.1. The van der Waals surface area contributed by atoms with Gasteiger partial charge in [-0.3, -0.25) is 5.10 Å². The second kappa shape index (κ2) is 6.83. The quantitative estimate of drug-likeness (QED) is 0.771. The van der Waals surface area contributed by atoms with E-state index in [9.17, 15) is 4.39 Å². The zero-order valence-electron chi connectivity index (χ0n) is 12.7. The molecule has 2 aromatic rings. The third kappa shape index (κ3) is 3.68. The van der Waals surface area contributed by atoms with Crippen LogP contribution in [0, 0.1) is 5.82 Å². The Labute approximate surface area is 124 Å². The number of methoxy groups -OCH3 is 1. The number of benzene rings is 1. The summed E-state index contributed by atoms with van der Waals surface area (Å²) in [5.41, 5.74) is 2.94. The van der Waals surface area contributed by atoms with E-state index in [2.05, 4.69) is 29.4 Å². The molecule has 114 valence electrons. The van der Waals surface area contributed by atoms with Gasteiger partial charge in [-0.25, -0.2) is 4.39 Å². The number of rotatable bonds is 7. The summed E-state index contributed by atoms with van der Waals surface area (Å²) < 4.78 is 18.1. The molecule has 0 aliphatic rings. The minimum Gasteiger partial charge on any atom is -0.383 e. The minimum atomic E-state index is -0.261. The molecule has 1 aromatic heterocycles. The molecule has 0 aliphatic heterocycles. The molecule has 2 rings (SSSR count). The average molecular weight is 291 g/mol. The van der Waals surface area contributed by atoms with Gasteiger partial charge in [-0.05, 0) is 17.7 Å². The molecule has 0 atom stereocenters. The first-order chi connectivity index (χ1) is 10.1. The Kier molecular flexibility index (Phi) is 5.09. The Hall–Kier alpha value is -1.72. The summed E-state index contributed by atoms with van der Waals surface area (Å²) in [5, 5.41) is 10.6. The molecule has 5 heteroatoms. The number of aromatic amines is 1. The summed E-state index contributed by atoms with van der Waals surface area (Å²) >= 11 is 0. The van der Waals surface area contributed by atoms with Crippen LogP contribution in [-0.2, 0) is 16.7 Å². The summed E-state index contributed by atoms with van der Waals surface area (Å²) in [4.78, 5) is 0. The van der Waals surface area contributed by atoms with Gasteiger partial charge < -0.3 is 10.1 Å². The van der Waals surface area contributed by atoms with Gasteiger partial charge >= 0.3 is 0 Å². The zero-order chi connectivity index (χ0) is 15.3. The van der Waals surface area contributed by atoms with Crippen molar-refractivity contribution in [3.8, 4) is 0 Å². The second-order valence-electron chi connectivity index (χ2n) is 5.57. The van der Waals surface area contributed by atoms with Crippen LogP contribution in [0.5, 0.6) is 0 Å². The lowest BCUT2D eigenvalue weighted by Gasteiger charge is -2.25. The van der Waals surface area contributed by atoms with E-state index in [0.29, 0.717) is 6.61 Å². The van der Waals surface area contributed by atoms with Crippen molar-refractivity contribution in [2.45, 2.75) is 25.8 Å². The van der Waals surface area contributed by atoms with Crippen molar-refractivity contribution in [1.82, 2.24) is 15.5 Å². The Morgan fingerprint density at radius 2 is 2.00 bits per heavy atom. The van der Waals surface area contributed by atoms with Crippen molar-refractivity contribution in [3.63, 3.8) is 0 Å². The van der Waals surface area contributed by atoms with E-state index in [1.165, 1.54) is 12.1 Å². The van der Waals surface area contributed by atoms with Crippen LogP contribution >= 0.6 is 0 Å². The molecule has 4 nitrogen and oxygen atoms in total. The van der Waals surface area contributed by atoms with Crippen molar-refractivity contribution in [3.05, 3.63) is 53.1 Å². The van der Waals surface area contributed by atoms with Crippen molar-refractivity contribution >= 4 is 0 Å². The monoisotopic (exact) mass is 291 g/mol. The number of ether oxygens (including phenoxy) is 1. The van der Waals surface area contributed by atoms with Crippen LogP contribution < -0.4 is 5.32 Å². The van der Waals surface area contributed by atoms with Gasteiger partial charge in [-0.15, -0.1) is 0 Å². The summed E-state index contributed by atoms with van der Waals surface area (Å²) in [7, 11) is 1.68. The number of aromatic nitrogens is 2. The molecule has 0 bridgehead atoms. The first-order valence-electron chi connectivity index (χ1n) is 7.04. The molecular weight excluding hydrogens is 269 g/mol. The van der Waals surface area contributed by atoms with Gasteiger partial charge in [0.2, 0.25) is 0 Å². The topological polar surface area (TPSA) is 49.9 Å². The van der Waals surface area contributed by atoms with Crippen molar-refractivity contribution in [2.24, 2.45) is 0 Å². The SMILES string of the molecule is COCCNCc1cn[nH]c1C(C)(C)c1ccc(F)cc1. The van der Waals surface area contributed by atoms with Crippen LogP contribution in [0.4, 0.5) is 4.39 Å². The number of hydrogen-bond donors (Lipinski definition) is 2. The van der Waals surface area contributed by atoms with Gasteiger partial charge in [0.25, 0.3) is 0 Å². The van der Waals surface area contributed by atoms with Gasteiger partial charge in [0.15, 0.2) is 0 Å². The lowest BCUT2D eigenvalue weighted by molar-refractivity contribution is 0.199. The van der Waals surface area contributed by atoms with Crippen LogP contribution in [-0.4, -0.2) is 30.5 Å². The molecule has 0 saturated heterocycles. The smallest absolute Gasteiger partial charge is 0.123 e. The summed E-state index contributed by atoms with van der Waals surface area (Å²) in [6.45, 7) is 6.39. The van der Waals surface area contributed by atoms with Crippen molar-refractivity contribution < 1.29 is 9.13 Å². The maximum atomic E-state index is 13.1. The first kappa shape index (κ1) is 15.7. The highest BCUT2D eigenvalue weighted by Crippen LogP contribution is 2.32. The van der Waals surface area contributed by atoms with E-state index in [1.54, 1.807) is 7.11 Å². The van der Waals surface area contributed by atoms with E-state index in [-0.39, 0.29) is 11.2 Å². The summed E-state index contributed by atoms with van der Waals surface area (Å²) in [6.07, 6.45) is 1.83. The standard InChI is InChI=1S/C16H22FN3O/c1-16(2,13-4-6-14(17)7-5-13)15-12(11-19-20-15)10-18-8-9-21-3/h4-7,11,18H,8-10H2,1-3H3,(H,19,20). The Morgan fingerprint density at radius 1 is 1.29 bits per heavy atom. The van der Waals surface area contributed by atoms with Crippen LogP contribution in [0.3, 0.4) is 0 Å². The van der Waals surface area contributed by atoms with E-state index in [1.807, 2.05) is 18.3 Å². The number of hydrogen-bond acceptors (Lipinski definition) is 3. The predicted octanol–water partition coefficient (Wildman–Crippen LogP) is 2.61. The van der Waals surface area contributed by atoms with E-state index in [4.69, 9.17) is 4.74 Å². The predicted molar refractivity (Wildman–Crippen MR) is 80.7 cm³/mol. The molecule has 1 heterocycles. The molecule has 0 amide bonds. The highest BCUT2D eigenvalue weighted by Gasteiger charge is 2.27. The normalized spacial score (nSPS) is 11.8. The van der Waals surface area contributed by atoms with Gasteiger partial charge in [0, 0.05) is 36.9 Å². The van der Waals surface area contributed by atoms with Gasteiger partial charge in [0.1, 0.15) is 5.82 Å². The number of nitrogens with zero attached hydrogens (tertiary/aromatic N) is 1. The van der Waals surface area contributed by atoms with Crippen LogP contribution in [0.1, 0.15) is 30.7 Å². The number of nitrogens with one attached hydrogen (secondary N) is 2. The average Bonchev–Trinajstić information content (AvgIpc) is 2.93. The highest BCUT2D eigenvalue weighted by atomic mass is 19.1. The molecule has 0 saturated carbocycles. The number of H-pyrrole nitrogens is 1. The van der Waals surface area contributed by atoms with Crippen molar-refractivity contribution in [1.29, 1.82) is 0 Å². The summed E-state index contributed by atoms with van der Waals surface area (Å²) in [5.74, 6) is -0.222. The van der Waals surface area contributed by atoms with Gasteiger partial charge in [0.05, 0.1) is 12.8 Å². The number of halogens is 1. The molecule has 0 radical (unpaired) electrons. The van der Waals surface area contributed by atoms with Crippen molar-refractivity contribution in [2.75, 3.05) is 20.3 Å². The fraction of sp³-hybridized carbons (Fsp3) is 0.438. The van der Waals surface area contributed by atoms with Gasteiger partial charge in [-0.1, -0.05) is 26.0 Å². The fourth-order valence-electron chi connectivity index (χ4n) is 2.39. The minimum absolute atomic E-state index is 0.222.